The molecule has 0 bridgehead atoms. The van der Waals surface area contributed by atoms with Crippen LogP contribution in [0.2, 0.25) is 0 Å². The average molecular weight is 138 g/mol. The van der Waals surface area contributed by atoms with Gasteiger partial charge >= 0.3 is 0 Å². The van der Waals surface area contributed by atoms with E-state index in [1.807, 2.05) is 0 Å². The van der Waals surface area contributed by atoms with Crippen LogP contribution in [0.1, 0.15) is 45.4 Å². The summed E-state index contributed by atoms with van der Waals surface area (Å²) in [5.41, 5.74) is 0. The summed E-state index contributed by atoms with van der Waals surface area (Å²) in [5, 5.41) is 0. The lowest BCUT2D eigenvalue weighted by molar-refractivity contribution is 0.393. The Morgan fingerprint density at radius 2 is 1.90 bits per heavy atom. The van der Waals surface area contributed by atoms with Gasteiger partial charge in [0.2, 0.25) is 0 Å². The van der Waals surface area contributed by atoms with Gasteiger partial charge in [0.15, 0.2) is 0 Å². The Balaban J connectivity index is 1.73. The fourth-order valence-corrected chi connectivity index (χ4v) is 2.04. The molecule has 0 saturated heterocycles. The van der Waals surface area contributed by atoms with Crippen molar-refractivity contribution in [1.82, 2.24) is 0 Å². The molecule has 0 heterocycles. The third kappa shape index (κ3) is 1.53. The summed E-state index contributed by atoms with van der Waals surface area (Å²) in [6.45, 7) is 2.37. The van der Waals surface area contributed by atoms with Crippen LogP contribution in [0.3, 0.4) is 0 Å². The van der Waals surface area contributed by atoms with Gasteiger partial charge in [0.25, 0.3) is 0 Å². The first-order chi connectivity index (χ1) is 4.90. The monoisotopic (exact) mass is 138 g/mol. The highest BCUT2D eigenvalue weighted by atomic mass is 14.4. The zero-order chi connectivity index (χ0) is 6.97. The molecule has 2 aliphatic carbocycles. The van der Waals surface area contributed by atoms with Crippen LogP contribution in [-0.2, 0) is 0 Å². The van der Waals surface area contributed by atoms with E-state index < -0.39 is 0 Å². The topological polar surface area (TPSA) is 0 Å². The van der Waals surface area contributed by atoms with Gasteiger partial charge in [-0.05, 0) is 37.0 Å². The number of hydrogen-bond donors (Lipinski definition) is 0. The van der Waals surface area contributed by atoms with E-state index in [1.165, 1.54) is 6.42 Å². The minimum absolute atomic E-state index is 1.12. The second-order valence-corrected chi connectivity index (χ2v) is 4.18. The maximum atomic E-state index is 2.37. The van der Waals surface area contributed by atoms with Gasteiger partial charge in [-0.1, -0.05) is 26.2 Å². The van der Waals surface area contributed by atoms with Crippen molar-refractivity contribution < 1.29 is 0 Å². The summed E-state index contributed by atoms with van der Waals surface area (Å²) >= 11 is 0. The quantitative estimate of drug-likeness (QED) is 0.559. The highest BCUT2D eigenvalue weighted by Gasteiger charge is 2.34. The Bertz CT molecular complexity index is 109. The molecule has 0 spiro atoms. The van der Waals surface area contributed by atoms with Gasteiger partial charge < -0.3 is 0 Å². The molecule has 2 aliphatic rings. The Labute approximate surface area is 64.0 Å². The molecule has 1 unspecified atom stereocenters. The average Bonchev–Trinajstić information content (AvgIpc) is 2.76. The van der Waals surface area contributed by atoms with E-state index in [9.17, 15) is 0 Å². The lowest BCUT2D eigenvalue weighted by Gasteiger charge is -2.11. The number of hydrogen-bond acceptors (Lipinski definition) is 0. The Kier molecular flexibility index (Phi) is 1.71. The van der Waals surface area contributed by atoms with Crippen molar-refractivity contribution in [3.8, 4) is 0 Å². The van der Waals surface area contributed by atoms with Crippen molar-refractivity contribution >= 4 is 0 Å². The summed E-state index contributed by atoms with van der Waals surface area (Å²) in [6.07, 6.45) is 9.20. The minimum atomic E-state index is 1.12. The van der Waals surface area contributed by atoms with Crippen molar-refractivity contribution in [2.24, 2.45) is 17.8 Å². The normalized spacial score (nSPS) is 28.5. The molecule has 0 N–H and O–H groups in total. The molecule has 0 nitrogen and oxygen atoms in total. The van der Waals surface area contributed by atoms with E-state index in [1.54, 1.807) is 32.1 Å². The predicted molar refractivity (Wildman–Crippen MR) is 43.8 cm³/mol. The highest BCUT2D eigenvalue weighted by molar-refractivity contribution is 4.85. The Morgan fingerprint density at radius 3 is 2.30 bits per heavy atom. The second kappa shape index (κ2) is 2.56. The molecule has 0 aromatic heterocycles. The van der Waals surface area contributed by atoms with Crippen LogP contribution in [0.15, 0.2) is 0 Å². The number of rotatable bonds is 4. The van der Waals surface area contributed by atoms with Crippen molar-refractivity contribution in [1.29, 1.82) is 0 Å². The van der Waals surface area contributed by atoms with Gasteiger partial charge in [0.05, 0.1) is 0 Å². The molecule has 1 atom stereocenters. The van der Waals surface area contributed by atoms with Crippen LogP contribution in [0.5, 0.6) is 0 Å². The van der Waals surface area contributed by atoms with Gasteiger partial charge in [-0.25, -0.2) is 0 Å². The molecule has 0 aliphatic heterocycles. The second-order valence-electron chi connectivity index (χ2n) is 4.18. The van der Waals surface area contributed by atoms with E-state index >= 15 is 0 Å². The van der Waals surface area contributed by atoms with Gasteiger partial charge in [0, 0.05) is 0 Å². The Morgan fingerprint density at radius 1 is 1.20 bits per heavy atom. The molecule has 2 rings (SSSR count). The van der Waals surface area contributed by atoms with Gasteiger partial charge in [-0.3, -0.25) is 0 Å². The van der Waals surface area contributed by atoms with Crippen molar-refractivity contribution in [2.45, 2.75) is 45.4 Å². The molecule has 58 valence electrons. The van der Waals surface area contributed by atoms with Crippen LogP contribution >= 0.6 is 0 Å². The summed E-state index contributed by atoms with van der Waals surface area (Å²) < 4.78 is 0. The molecule has 0 aromatic carbocycles. The summed E-state index contributed by atoms with van der Waals surface area (Å²) in [4.78, 5) is 0. The summed E-state index contributed by atoms with van der Waals surface area (Å²) in [7, 11) is 0. The zero-order valence-electron chi connectivity index (χ0n) is 6.97. The molecular formula is C10H18. The first kappa shape index (κ1) is 6.69. The van der Waals surface area contributed by atoms with E-state index in [0.717, 1.165) is 17.8 Å². The van der Waals surface area contributed by atoms with Crippen LogP contribution in [0.4, 0.5) is 0 Å². The lowest BCUT2D eigenvalue weighted by atomic mass is 9.94. The van der Waals surface area contributed by atoms with Gasteiger partial charge in [0.1, 0.15) is 0 Å². The van der Waals surface area contributed by atoms with Crippen molar-refractivity contribution in [3.63, 3.8) is 0 Å². The van der Waals surface area contributed by atoms with Crippen LogP contribution in [-0.4, -0.2) is 0 Å². The maximum absolute atomic E-state index is 2.37. The first-order valence-corrected chi connectivity index (χ1v) is 4.90. The van der Waals surface area contributed by atoms with E-state index in [0.29, 0.717) is 0 Å². The van der Waals surface area contributed by atoms with Gasteiger partial charge in [-0.15, -0.1) is 0 Å². The molecule has 2 fully saturated rings. The van der Waals surface area contributed by atoms with E-state index in [-0.39, 0.29) is 0 Å². The molecule has 0 radical (unpaired) electrons. The third-order valence-electron chi connectivity index (χ3n) is 3.15. The molecule has 2 saturated carbocycles. The largest absolute Gasteiger partial charge is 0.0651 e. The van der Waals surface area contributed by atoms with Crippen molar-refractivity contribution in [2.75, 3.05) is 0 Å². The predicted octanol–water partition coefficient (Wildman–Crippen LogP) is 3.22. The van der Waals surface area contributed by atoms with E-state index in [2.05, 4.69) is 6.92 Å². The zero-order valence-corrected chi connectivity index (χ0v) is 6.97. The summed E-state index contributed by atoms with van der Waals surface area (Å²) in [5.74, 6) is 3.43. The molecule has 0 amide bonds. The van der Waals surface area contributed by atoms with Crippen LogP contribution in [0, 0.1) is 17.8 Å². The minimum Gasteiger partial charge on any atom is -0.0651 e. The fraction of sp³-hybridized carbons (Fsp3) is 1.00. The molecule has 10 heavy (non-hydrogen) atoms. The molecular weight excluding hydrogens is 120 g/mol. The lowest BCUT2D eigenvalue weighted by Crippen LogP contribution is -2.01. The van der Waals surface area contributed by atoms with Crippen molar-refractivity contribution in [3.05, 3.63) is 0 Å². The smallest absolute Gasteiger partial charge is 0.0386 e. The standard InChI is InChI=1S/C10H18/c1-2-9(10-5-6-10)7-8-3-4-8/h8-10H,2-7H2,1H3. The third-order valence-corrected chi connectivity index (χ3v) is 3.15. The summed E-state index contributed by atoms with van der Waals surface area (Å²) in [6, 6.07) is 0. The van der Waals surface area contributed by atoms with Gasteiger partial charge in [-0.2, -0.15) is 0 Å². The SMILES string of the molecule is CCC(CC1CC1)C1CC1. The Hall–Kier alpha value is 0. The molecule has 0 heteroatoms. The first-order valence-electron chi connectivity index (χ1n) is 4.90. The maximum Gasteiger partial charge on any atom is -0.0386 e. The van der Waals surface area contributed by atoms with Crippen LogP contribution < -0.4 is 0 Å². The highest BCUT2D eigenvalue weighted by Crippen LogP contribution is 2.45. The molecule has 0 aromatic rings. The van der Waals surface area contributed by atoms with Crippen LogP contribution in [0.25, 0.3) is 0 Å². The van der Waals surface area contributed by atoms with E-state index in [4.69, 9.17) is 0 Å². The fourth-order valence-electron chi connectivity index (χ4n) is 2.04.